The quantitative estimate of drug-likeness (QED) is 0.681. The van der Waals surface area contributed by atoms with Gasteiger partial charge in [-0.15, -0.1) is 0 Å². The molecule has 1 saturated heterocycles. The van der Waals surface area contributed by atoms with Crippen molar-refractivity contribution in [3.05, 3.63) is 42.4 Å². The first-order valence-corrected chi connectivity index (χ1v) is 10.6. The van der Waals surface area contributed by atoms with Crippen molar-refractivity contribution in [1.29, 1.82) is 0 Å². The summed E-state index contributed by atoms with van der Waals surface area (Å²) in [4.78, 5) is 18.8. The van der Waals surface area contributed by atoms with E-state index in [9.17, 15) is 4.79 Å². The van der Waals surface area contributed by atoms with Gasteiger partial charge < -0.3 is 15.0 Å². The molecule has 0 aromatic carbocycles. The molecule has 1 saturated carbocycles. The van der Waals surface area contributed by atoms with Crippen LogP contribution in [0.4, 0.5) is 5.82 Å². The standard InChI is InChI=1S/C23H27N5O2/c1-15-9-20(21(12-24-15)30-14-16-5-7-27(2)13-16)18-6-8-28-19(10-18)11-22(26-28)25-23(29)17-3-4-17/h6,8-12,16-17H,3-5,7,13-14H2,1-2H3,(H,25,26,29)/t16-/m1/s1. The van der Waals surface area contributed by atoms with Gasteiger partial charge in [0.05, 0.1) is 18.3 Å². The number of ether oxygens (including phenoxy) is 1. The molecule has 1 amide bonds. The zero-order valence-electron chi connectivity index (χ0n) is 17.5. The molecule has 1 N–H and O–H groups in total. The molecule has 1 aliphatic carbocycles. The Hall–Kier alpha value is -2.93. The third kappa shape index (κ3) is 4.03. The summed E-state index contributed by atoms with van der Waals surface area (Å²) in [7, 11) is 2.15. The predicted molar refractivity (Wildman–Crippen MR) is 116 cm³/mol. The number of nitrogens with zero attached hydrogens (tertiary/aromatic N) is 4. The third-order valence-corrected chi connectivity index (χ3v) is 5.94. The third-order valence-electron chi connectivity index (χ3n) is 5.94. The van der Waals surface area contributed by atoms with Crippen LogP contribution in [0.1, 0.15) is 25.0 Å². The second-order valence-corrected chi connectivity index (χ2v) is 8.63. The average molecular weight is 406 g/mol. The van der Waals surface area contributed by atoms with Crippen molar-refractivity contribution in [2.75, 3.05) is 32.1 Å². The molecule has 3 aromatic rings. The molecule has 0 unspecified atom stereocenters. The number of fused-ring (bicyclic) bond motifs is 1. The van der Waals surface area contributed by atoms with E-state index in [-0.39, 0.29) is 11.8 Å². The second-order valence-electron chi connectivity index (χ2n) is 8.63. The first kappa shape index (κ1) is 19.1. The molecular weight excluding hydrogens is 378 g/mol. The van der Waals surface area contributed by atoms with E-state index in [0.717, 1.165) is 54.0 Å². The molecule has 2 fully saturated rings. The van der Waals surface area contributed by atoms with E-state index in [4.69, 9.17) is 4.74 Å². The van der Waals surface area contributed by atoms with Crippen LogP contribution in [0.15, 0.2) is 36.7 Å². The van der Waals surface area contributed by atoms with Gasteiger partial charge in [-0.25, -0.2) is 4.52 Å². The van der Waals surface area contributed by atoms with Crippen LogP contribution in [-0.2, 0) is 4.79 Å². The minimum Gasteiger partial charge on any atom is -0.491 e. The van der Waals surface area contributed by atoms with Crippen LogP contribution >= 0.6 is 0 Å². The zero-order valence-corrected chi connectivity index (χ0v) is 17.5. The van der Waals surface area contributed by atoms with E-state index in [1.165, 1.54) is 6.42 Å². The normalized spacial score (nSPS) is 19.3. The van der Waals surface area contributed by atoms with Gasteiger partial charge in [-0.1, -0.05) is 0 Å². The zero-order chi connectivity index (χ0) is 20.7. The number of rotatable bonds is 6. The van der Waals surface area contributed by atoms with Gasteiger partial charge in [0.1, 0.15) is 5.75 Å². The van der Waals surface area contributed by atoms with Crippen molar-refractivity contribution in [3.63, 3.8) is 0 Å². The molecule has 0 radical (unpaired) electrons. The summed E-state index contributed by atoms with van der Waals surface area (Å²) >= 11 is 0. The number of amides is 1. The van der Waals surface area contributed by atoms with Crippen LogP contribution in [0, 0.1) is 18.8 Å². The number of anilines is 1. The summed E-state index contributed by atoms with van der Waals surface area (Å²) in [6.07, 6.45) is 6.87. The first-order chi connectivity index (χ1) is 14.5. The maximum Gasteiger partial charge on any atom is 0.228 e. The lowest BCUT2D eigenvalue weighted by Crippen LogP contribution is -2.18. The van der Waals surface area contributed by atoms with Crippen LogP contribution < -0.4 is 10.1 Å². The molecule has 0 spiro atoms. The summed E-state index contributed by atoms with van der Waals surface area (Å²) in [5.41, 5.74) is 3.95. The van der Waals surface area contributed by atoms with Crippen molar-refractivity contribution in [1.82, 2.24) is 19.5 Å². The van der Waals surface area contributed by atoms with E-state index in [0.29, 0.717) is 18.3 Å². The van der Waals surface area contributed by atoms with Gasteiger partial charge in [-0.05, 0) is 63.5 Å². The molecule has 1 atom stereocenters. The average Bonchev–Trinajstić information content (AvgIpc) is 3.39. The van der Waals surface area contributed by atoms with Gasteiger partial charge in [0.25, 0.3) is 0 Å². The molecule has 0 bridgehead atoms. The highest BCUT2D eigenvalue weighted by molar-refractivity contribution is 5.93. The Morgan fingerprint density at radius 1 is 1.27 bits per heavy atom. The van der Waals surface area contributed by atoms with Gasteiger partial charge >= 0.3 is 0 Å². The molecule has 3 aromatic heterocycles. The Morgan fingerprint density at radius 3 is 2.90 bits per heavy atom. The van der Waals surface area contributed by atoms with Crippen molar-refractivity contribution in [2.24, 2.45) is 11.8 Å². The summed E-state index contributed by atoms with van der Waals surface area (Å²) in [5.74, 6) is 2.18. The second kappa shape index (κ2) is 7.72. The number of carbonyl (C=O) groups excluding carboxylic acids is 1. The van der Waals surface area contributed by atoms with Gasteiger partial charge in [-0.3, -0.25) is 9.78 Å². The minimum atomic E-state index is 0.0663. The van der Waals surface area contributed by atoms with Crippen LogP contribution in [0.5, 0.6) is 5.75 Å². The van der Waals surface area contributed by atoms with E-state index < -0.39 is 0 Å². The number of likely N-dealkylation sites (tertiary alicyclic amines) is 1. The topological polar surface area (TPSA) is 71.8 Å². The molecule has 7 nitrogen and oxygen atoms in total. The smallest absolute Gasteiger partial charge is 0.228 e. The van der Waals surface area contributed by atoms with Gasteiger partial charge in [0.2, 0.25) is 5.91 Å². The van der Waals surface area contributed by atoms with E-state index in [1.807, 2.05) is 31.5 Å². The summed E-state index contributed by atoms with van der Waals surface area (Å²) in [6.45, 7) is 4.90. The van der Waals surface area contributed by atoms with E-state index >= 15 is 0 Å². The van der Waals surface area contributed by atoms with E-state index in [1.54, 1.807) is 4.52 Å². The Kier molecular flexibility index (Phi) is 4.90. The minimum absolute atomic E-state index is 0.0663. The monoisotopic (exact) mass is 405 g/mol. The molecular formula is C23H27N5O2. The largest absolute Gasteiger partial charge is 0.491 e. The highest BCUT2D eigenvalue weighted by Crippen LogP contribution is 2.33. The van der Waals surface area contributed by atoms with Gasteiger partial charge in [0, 0.05) is 41.9 Å². The van der Waals surface area contributed by atoms with Gasteiger partial charge in [0.15, 0.2) is 5.82 Å². The number of hydrogen-bond donors (Lipinski definition) is 1. The fraction of sp³-hybridized carbons (Fsp3) is 0.435. The number of pyridine rings is 2. The molecule has 5 rings (SSSR count). The molecule has 7 heteroatoms. The molecule has 156 valence electrons. The first-order valence-electron chi connectivity index (χ1n) is 10.6. The molecule has 1 aliphatic heterocycles. The number of carbonyl (C=O) groups is 1. The van der Waals surface area contributed by atoms with Gasteiger partial charge in [-0.2, -0.15) is 5.10 Å². The summed E-state index contributed by atoms with van der Waals surface area (Å²) < 4.78 is 8.00. The Balaban J connectivity index is 1.39. The van der Waals surface area contributed by atoms with Crippen molar-refractivity contribution < 1.29 is 9.53 Å². The number of nitrogens with one attached hydrogen (secondary N) is 1. The fourth-order valence-electron chi connectivity index (χ4n) is 4.05. The van der Waals surface area contributed by atoms with Crippen LogP contribution in [-0.4, -0.2) is 52.1 Å². The Bertz CT molecular complexity index is 1090. The lowest BCUT2D eigenvalue weighted by Gasteiger charge is -2.15. The number of hydrogen-bond acceptors (Lipinski definition) is 5. The lowest BCUT2D eigenvalue weighted by atomic mass is 10.1. The molecule has 4 heterocycles. The van der Waals surface area contributed by atoms with Crippen molar-refractivity contribution >= 4 is 17.2 Å². The molecule has 2 aliphatic rings. The van der Waals surface area contributed by atoms with Crippen molar-refractivity contribution in [2.45, 2.75) is 26.2 Å². The summed E-state index contributed by atoms with van der Waals surface area (Å²) in [6, 6.07) is 8.07. The maximum absolute atomic E-state index is 12.0. The number of aryl methyl sites for hydroxylation is 1. The van der Waals surface area contributed by atoms with Crippen LogP contribution in [0.3, 0.4) is 0 Å². The molecule has 30 heavy (non-hydrogen) atoms. The Morgan fingerprint density at radius 2 is 2.13 bits per heavy atom. The lowest BCUT2D eigenvalue weighted by molar-refractivity contribution is -0.117. The van der Waals surface area contributed by atoms with Crippen LogP contribution in [0.25, 0.3) is 16.6 Å². The predicted octanol–water partition coefficient (Wildman–Crippen LogP) is 3.38. The van der Waals surface area contributed by atoms with Crippen molar-refractivity contribution in [3.8, 4) is 16.9 Å². The fourth-order valence-corrected chi connectivity index (χ4v) is 4.05. The van der Waals surface area contributed by atoms with E-state index in [2.05, 4.69) is 39.5 Å². The highest BCUT2D eigenvalue weighted by atomic mass is 16.5. The number of aromatic nitrogens is 3. The Labute approximate surface area is 176 Å². The summed E-state index contributed by atoms with van der Waals surface area (Å²) in [5, 5.41) is 7.39. The maximum atomic E-state index is 12.0. The highest BCUT2D eigenvalue weighted by Gasteiger charge is 2.30. The van der Waals surface area contributed by atoms with Crippen LogP contribution in [0.2, 0.25) is 0 Å². The SMILES string of the molecule is Cc1cc(-c2ccn3nc(NC(=O)C4CC4)cc3c2)c(OC[C@@H]2CCN(C)C2)cn1.